The lowest BCUT2D eigenvalue weighted by Crippen LogP contribution is -2.33. The van der Waals surface area contributed by atoms with E-state index < -0.39 is 31.1 Å². The molecule has 0 bridgehead atoms. The number of aromatic nitrogens is 3. The molecule has 0 saturated carbocycles. The fraction of sp³-hybridized carbons (Fsp3) is 0.417. The Kier molecular flexibility index (Phi) is 3.64. The number of halogens is 1. The molecule has 5 N–H and O–H groups in total. The lowest BCUT2D eigenvalue weighted by Gasteiger charge is -2.17. The normalized spacial score (nSPS) is 28.1. The number of fused-ring (bicyclic) bond motifs is 1. The highest BCUT2D eigenvalue weighted by atomic mass is 35.5. The lowest BCUT2D eigenvalue weighted by atomic mass is 10.1. The van der Waals surface area contributed by atoms with Gasteiger partial charge in [0.15, 0.2) is 6.23 Å². The molecule has 4 unspecified atom stereocenters. The van der Waals surface area contributed by atoms with Crippen LogP contribution in [0.3, 0.4) is 0 Å². The molecule has 1 saturated heterocycles. The van der Waals surface area contributed by atoms with Gasteiger partial charge in [0.25, 0.3) is 0 Å². The van der Waals surface area contributed by atoms with Gasteiger partial charge in [0.05, 0.1) is 18.6 Å². The fourth-order valence-corrected chi connectivity index (χ4v) is 2.76. The van der Waals surface area contributed by atoms with E-state index in [1.165, 1.54) is 10.8 Å². The summed E-state index contributed by atoms with van der Waals surface area (Å²) in [5.74, 6) is -0.0971. The molecule has 22 heavy (non-hydrogen) atoms. The zero-order valence-corrected chi connectivity index (χ0v) is 11.8. The summed E-state index contributed by atoms with van der Waals surface area (Å²) in [5, 5.41) is 29.4. The Morgan fingerprint density at radius 1 is 1.41 bits per heavy atom. The smallest absolute Gasteiger partial charge is 0.223 e. The maximum atomic E-state index is 10.1. The van der Waals surface area contributed by atoms with Crippen molar-refractivity contribution in [1.29, 1.82) is 0 Å². The fourth-order valence-electron chi connectivity index (χ4n) is 2.49. The van der Waals surface area contributed by atoms with Gasteiger partial charge in [-0.1, -0.05) is 11.6 Å². The Balaban J connectivity index is 2.18. The summed E-state index contributed by atoms with van der Waals surface area (Å²) in [6.45, 7) is 6.74. The second-order valence-electron chi connectivity index (χ2n) is 4.83. The van der Waals surface area contributed by atoms with E-state index in [9.17, 15) is 10.2 Å². The van der Waals surface area contributed by atoms with Gasteiger partial charge < -0.3 is 30.4 Å². The standard InChI is InChI=1S/C12H12ClN5O4/c1-15-4-2-18(10-6(4)9(13)16-12(14)17-10)11-8(21)7(20)5(3-19)22-11/h2,5,7-8,11,19-21H,3H2,(H2,14,16,17). The average molecular weight is 326 g/mol. The third-order valence-electron chi connectivity index (χ3n) is 3.54. The second kappa shape index (κ2) is 5.35. The highest BCUT2D eigenvalue weighted by molar-refractivity contribution is 6.35. The first-order valence-corrected chi connectivity index (χ1v) is 6.69. The molecule has 0 amide bonds. The number of nitrogens with two attached hydrogens (primary N) is 1. The molecule has 116 valence electrons. The van der Waals surface area contributed by atoms with Crippen molar-refractivity contribution in [1.82, 2.24) is 14.5 Å². The monoisotopic (exact) mass is 325 g/mol. The number of ether oxygens (including phenoxy) is 1. The Morgan fingerprint density at radius 2 is 2.14 bits per heavy atom. The van der Waals surface area contributed by atoms with Crippen molar-refractivity contribution in [2.75, 3.05) is 12.3 Å². The van der Waals surface area contributed by atoms with Crippen molar-refractivity contribution in [2.24, 2.45) is 0 Å². The van der Waals surface area contributed by atoms with Crippen molar-refractivity contribution in [3.05, 3.63) is 22.8 Å². The number of aliphatic hydroxyl groups excluding tert-OH is 3. The van der Waals surface area contributed by atoms with Gasteiger partial charge in [-0.25, -0.2) is 9.83 Å². The maximum Gasteiger partial charge on any atom is 0.223 e. The molecule has 0 aliphatic carbocycles. The minimum atomic E-state index is -1.30. The molecule has 3 rings (SSSR count). The Hall–Kier alpha value is -1.96. The molecule has 0 radical (unpaired) electrons. The van der Waals surface area contributed by atoms with Crippen LogP contribution in [0, 0.1) is 6.57 Å². The molecule has 1 fully saturated rings. The van der Waals surface area contributed by atoms with Crippen LogP contribution in [0.4, 0.5) is 11.6 Å². The number of nitrogens with zero attached hydrogens (tertiary/aromatic N) is 4. The molecule has 4 atom stereocenters. The lowest BCUT2D eigenvalue weighted by molar-refractivity contribution is -0.0508. The SMILES string of the molecule is [C-]#[N+]c1cn(C2OC(CO)C(O)C2O)c2nc(N)nc(Cl)c12. The van der Waals surface area contributed by atoms with E-state index in [0.717, 1.165) is 0 Å². The Morgan fingerprint density at radius 3 is 2.73 bits per heavy atom. The van der Waals surface area contributed by atoms with Gasteiger partial charge in [-0.15, -0.1) is 0 Å². The molecular formula is C12H12ClN5O4. The first-order chi connectivity index (χ1) is 10.5. The van der Waals surface area contributed by atoms with E-state index in [1.54, 1.807) is 0 Å². The summed E-state index contributed by atoms with van der Waals surface area (Å²) >= 11 is 6.01. The van der Waals surface area contributed by atoms with E-state index in [1.807, 2.05) is 0 Å². The number of nitrogen functional groups attached to an aromatic ring is 1. The van der Waals surface area contributed by atoms with Crippen LogP contribution in [0.1, 0.15) is 6.23 Å². The summed E-state index contributed by atoms with van der Waals surface area (Å²) in [5.41, 5.74) is 5.94. The van der Waals surface area contributed by atoms with E-state index in [4.69, 9.17) is 33.8 Å². The van der Waals surface area contributed by atoms with Crippen LogP contribution in [0.25, 0.3) is 15.9 Å². The van der Waals surface area contributed by atoms with Crippen LogP contribution in [0.5, 0.6) is 0 Å². The molecule has 1 aliphatic heterocycles. The van der Waals surface area contributed by atoms with Crippen LogP contribution in [-0.4, -0.2) is 54.8 Å². The predicted molar refractivity (Wildman–Crippen MR) is 76.2 cm³/mol. The number of hydrogen-bond donors (Lipinski definition) is 4. The quantitative estimate of drug-likeness (QED) is 0.445. The number of rotatable bonds is 2. The van der Waals surface area contributed by atoms with Gasteiger partial charge in [0.1, 0.15) is 29.1 Å². The van der Waals surface area contributed by atoms with Gasteiger partial charge in [0, 0.05) is 6.20 Å². The number of anilines is 1. The summed E-state index contributed by atoms with van der Waals surface area (Å²) < 4.78 is 6.79. The van der Waals surface area contributed by atoms with Gasteiger partial charge in [0.2, 0.25) is 11.6 Å². The number of hydrogen-bond acceptors (Lipinski definition) is 7. The molecule has 2 aromatic rings. The first-order valence-electron chi connectivity index (χ1n) is 6.31. The third-order valence-corrected chi connectivity index (χ3v) is 3.81. The van der Waals surface area contributed by atoms with Crippen LogP contribution in [0.2, 0.25) is 5.15 Å². The van der Waals surface area contributed by atoms with E-state index >= 15 is 0 Å². The molecule has 3 heterocycles. The third kappa shape index (κ3) is 2.09. The molecule has 1 aliphatic rings. The minimum Gasteiger partial charge on any atom is -0.394 e. The van der Waals surface area contributed by atoms with Crippen molar-refractivity contribution in [2.45, 2.75) is 24.5 Å². The van der Waals surface area contributed by atoms with E-state index in [-0.39, 0.29) is 27.8 Å². The molecule has 9 nitrogen and oxygen atoms in total. The highest BCUT2D eigenvalue weighted by Gasteiger charge is 2.44. The van der Waals surface area contributed by atoms with Crippen LogP contribution >= 0.6 is 11.6 Å². The van der Waals surface area contributed by atoms with Gasteiger partial charge in [-0.2, -0.15) is 4.98 Å². The van der Waals surface area contributed by atoms with Crippen LogP contribution in [-0.2, 0) is 4.74 Å². The topological polar surface area (TPSA) is 131 Å². The summed E-state index contributed by atoms with van der Waals surface area (Å²) in [6.07, 6.45) is -3.16. The average Bonchev–Trinajstić information content (AvgIpc) is 2.98. The zero-order chi connectivity index (χ0) is 16.0. The van der Waals surface area contributed by atoms with Crippen molar-refractivity contribution in [3.63, 3.8) is 0 Å². The summed E-state index contributed by atoms with van der Waals surface area (Å²) in [7, 11) is 0. The highest BCUT2D eigenvalue weighted by Crippen LogP contribution is 2.38. The molecular weight excluding hydrogens is 314 g/mol. The largest absolute Gasteiger partial charge is 0.394 e. The van der Waals surface area contributed by atoms with E-state index in [0.29, 0.717) is 0 Å². The minimum absolute atomic E-state index is 0.0130. The molecule has 10 heteroatoms. The Labute approximate surface area is 129 Å². The van der Waals surface area contributed by atoms with Crippen molar-refractivity contribution >= 4 is 34.3 Å². The van der Waals surface area contributed by atoms with E-state index in [2.05, 4.69) is 14.8 Å². The van der Waals surface area contributed by atoms with Crippen molar-refractivity contribution in [3.8, 4) is 0 Å². The summed E-state index contributed by atoms with van der Waals surface area (Å²) in [4.78, 5) is 11.2. The van der Waals surface area contributed by atoms with Crippen molar-refractivity contribution < 1.29 is 20.1 Å². The molecule has 2 aromatic heterocycles. The summed E-state index contributed by atoms with van der Waals surface area (Å²) in [6, 6.07) is 0. The van der Waals surface area contributed by atoms with Gasteiger partial charge >= 0.3 is 0 Å². The molecule has 0 spiro atoms. The number of aliphatic hydroxyl groups is 3. The van der Waals surface area contributed by atoms with Gasteiger partial charge in [-0.05, 0) is 0 Å². The Bertz CT molecular complexity index is 773. The van der Waals surface area contributed by atoms with Gasteiger partial charge in [-0.3, -0.25) is 0 Å². The van der Waals surface area contributed by atoms with Crippen LogP contribution < -0.4 is 5.73 Å². The zero-order valence-electron chi connectivity index (χ0n) is 11.1. The second-order valence-corrected chi connectivity index (χ2v) is 5.19. The maximum absolute atomic E-state index is 10.1. The first kappa shape index (κ1) is 15.0. The van der Waals surface area contributed by atoms with Crippen LogP contribution in [0.15, 0.2) is 6.20 Å². The predicted octanol–water partition coefficient (Wildman–Crippen LogP) is -0.171. The molecule has 0 aromatic carbocycles.